The molecule has 1 aliphatic heterocycles. The van der Waals surface area contributed by atoms with Crippen LogP contribution in [0.5, 0.6) is 0 Å². The second-order valence-electron chi connectivity index (χ2n) is 5.37. The van der Waals surface area contributed by atoms with Crippen molar-refractivity contribution < 1.29 is 19.4 Å². The average molecular weight is 272 g/mol. The first-order valence-electron chi connectivity index (χ1n) is 6.78. The lowest BCUT2D eigenvalue weighted by atomic mass is 10.0. The molecule has 1 heterocycles. The molecule has 6 heteroatoms. The van der Waals surface area contributed by atoms with Crippen LogP contribution in [0.2, 0.25) is 0 Å². The van der Waals surface area contributed by atoms with Gasteiger partial charge in [-0.2, -0.15) is 0 Å². The molecule has 0 aromatic rings. The Morgan fingerprint density at radius 1 is 1.47 bits per heavy atom. The second-order valence-corrected chi connectivity index (χ2v) is 5.37. The number of likely N-dealkylation sites (tertiary alicyclic amines) is 1. The van der Waals surface area contributed by atoms with E-state index in [1.165, 1.54) is 0 Å². The predicted molar refractivity (Wildman–Crippen MR) is 71.0 cm³/mol. The monoisotopic (exact) mass is 272 g/mol. The Balaban J connectivity index is 2.25. The highest BCUT2D eigenvalue weighted by atomic mass is 16.5. The van der Waals surface area contributed by atoms with Gasteiger partial charge in [-0.3, -0.25) is 4.79 Å². The lowest BCUT2D eigenvalue weighted by Gasteiger charge is -2.23. The van der Waals surface area contributed by atoms with Crippen molar-refractivity contribution in [2.45, 2.75) is 33.2 Å². The van der Waals surface area contributed by atoms with E-state index in [-0.39, 0.29) is 12.1 Å². The summed E-state index contributed by atoms with van der Waals surface area (Å²) in [4.78, 5) is 24.4. The quantitative estimate of drug-likeness (QED) is 0.711. The van der Waals surface area contributed by atoms with Crippen LogP contribution in [0.4, 0.5) is 4.79 Å². The molecule has 1 fully saturated rings. The number of nitrogens with one attached hydrogen (secondary N) is 1. The van der Waals surface area contributed by atoms with Gasteiger partial charge in [0, 0.05) is 25.7 Å². The molecule has 6 nitrogen and oxygen atoms in total. The predicted octanol–water partition coefficient (Wildman–Crippen LogP) is 1.16. The van der Waals surface area contributed by atoms with Crippen LogP contribution in [0.25, 0.3) is 0 Å². The highest BCUT2D eigenvalue weighted by Crippen LogP contribution is 2.24. The number of carbonyl (C=O) groups excluding carboxylic acids is 1. The molecule has 2 atom stereocenters. The lowest BCUT2D eigenvalue weighted by Crippen LogP contribution is -2.44. The lowest BCUT2D eigenvalue weighted by molar-refractivity contribution is -0.142. The topological polar surface area (TPSA) is 78.9 Å². The number of hydrogen-bond donors (Lipinski definition) is 2. The van der Waals surface area contributed by atoms with E-state index in [4.69, 9.17) is 9.84 Å². The van der Waals surface area contributed by atoms with Crippen LogP contribution in [0, 0.1) is 11.8 Å². The fourth-order valence-electron chi connectivity index (χ4n) is 2.21. The Hall–Kier alpha value is -1.30. The molecule has 0 aromatic carbocycles. The van der Waals surface area contributed by atoms with Gasteiger partial charge in [0.25, 0.3) is 0 Å². The van der Waals surface area contributed by atoms with Gasteiger partial charge in [-0.1, -0.05) is 13.8 Å². The van der Waals surface area contributed by atoms with Crippen molar-refractivity contribution in [3.63, 3.8) is 0 Å². The van der Waals surface area contributed by atoms with E-state index in [1.54, 1.807) is 11.8 Å². The number of urea groups is 1. The number of amides is 2. The molecule has 1 aliphatic rings. The van der Waals surface area contributed by atoms with E-state index in [9.17, 15) is 9.59 Å². The first kappa shape index (κ1) is 15.8. The minimum absolute atomic E-state index is 0.204. The summed E-state index contributed by atoms with van der Waals surface area (Å²) in [5, 5.41) is 11.8. The van der Waals surface area contributed by atoms with Gasteiger partial charge in [-0.15, -0.1) is 0 Å². The van der Waals surface area contributed by atoms with Gasteiger partial charge in [-0.05, 0) is 19.3 Å². The highest BCUT2D eigenvalue weighted by molar-refractivity contribution is 5.78. The fourth-order valence-corrected chi connectivity index (χ4v) is 2.21. The van der Waals surface area contributed by atoms with E-state index in [0.717, 1.165) is 0 Å². The summed E-state index contributed by atoms with van der Waals surface area (Å²) in [6, 6.07) is -0.460. The number of ether oxygens (including phenoxy) is 1. The summed E-state index contributed by atoms with van der Waals surface area (Å²) in [7, 11) is 0. The van der Waals surface area contributed by atoms with Gasteiger partial charge in [0.15, 0.2) is 0 Å². The van der Waals surface area contributed by atoms with Crippen molar-refractivity contribution in [2.24, 2.45) is 11.8 Å². The minimum Gasteiger partial charge on any atom is -0.481 e. The van der Waals surface area contributed by atoms with E-state index >= 15 is 0 Å². The number of aliphatic carboxylic acids is 1. The minimum atomic E-state index is -0.830. The summed E-state index contributed by atoms with van der Waals surface area (Å²) < 4.78 is 5.37. The van der Waals surface area contributed by atoms with E-state index in [0.29, 0.717) is 38.6 Å². The molecule has 0 spiro atoms. The second kappa shape index (κ2) is 7.33. The maximum Gasteiger partial charge on any atom is 0.317 e. The Kier molecular flexibility index (Phi) is 6.08. The molecule has 0 aliphatic carbocycles. The van der Waals surface area contributed by atoms with Crippen molar-refractivity contribution >= 4 is 12.0 Å². The van der Waals surface area contributed by atoms with Crippen molar-refractivity contribution in [2.75, 3.05) is 26.3 Å². The largest absolute Gasteiger partial charge is 0.481 e. The Labute approximate surface area is 114 Å². The number of carboxylic acids is 1. The van der Waals surface area contributed by atoms with Crippen LogP contribution in [0.1, 0.15) is 27.2 Å². The third kappa shape index (κ3) is 4.70. The third-order valence-corrected chi connectivity index (χ3v) is 3.31. The number of nitrogens with zero attached hydrogens (tertiary/aromatic N) is 1. The number of carbonyl (C=O) groups is 2. The van der Waals surface area contributed by atoms with Crippen molar-refractivity contribution in [1.82, 2.24) is 10.2 Å². The Morgan fingerprint density at radius 3 is 2.68 bits per heavy atom. The SMILES string of the molecule is CC(C)COCCNC(=O)N1CCC(C(=O)O)C1C. The standard InChI is InChI=1S/C13H24N2O4/c1-9(2)8-19-7-5-14-13(18)15-6-4-11(10(15)3)12(16)17/h9-11H,4-8H2,1-3H3,(H,14,18)(H,16,17). The summed E-state index contributed by atoms with van der Waals surface area (Å²) in [6.45, 7) is 8.02. The van der Waals surface area contributed by atoms with Crippen LogP contribution in [-0.4, -0.2) is 54.4 Å². The van der Waals surface area contributed by atoms with E-state index in [2.05, 4.69) is 19.2 Å². The Bertz CT molecular complexity index is 320. The van der Waals surface area contributed by atoms with Gasteiger partial charge < -0.3 is 20.1 Å². The molecule has 2 N–H and O–H groups in total. The van der Waals surface area contributed by atoms with E-state index < -0.39 is 11.9 Å². The first-order valence-corrected chi connectivity index (χ1v) is 6.78. The number of hydrogen-bond acceptors (Lipinski definition) is 3. The summed E-state index contributed by atoms with van der Waals surface area (Å²) in [5.41, 5.74) is 0. The molecule has 0 saturated carbocycles. The summed E-state index contributed by atoms with van der Waals surface area (Å²) >= 11 is 0. The zero-order chi connectivity index (χ0) is 14.4. The summed E-state index contributed by atoms with van der Waals surface area (Å²) in [5.74, 6) is -0.809. The normalized spacial score (nSPS) is 22.8. The number of rotatable bonds is 6. The molecule has 2 unspecified atom stereocenters. The van der Waals surface area contributed by atoms with Crippen molar-refractivity contribution in [3.05, 3.63) is 0 Å². The average Bonchev–Trinajstić information content (AvgIpc) is 2.70. The van der Waals surface area contributed by atoms with Crippen LogP contribution in [0.15, 0.2) is 0 Å². The van der Waals surface area contributed by atoms with Gasteiger partial charge in [-0.25, -0.2) is 4.79 Å². The smallest absolute Gasteiger partial charge is 0.317 e. The van der Waals surface area contributed by atoms with Gasteiger partial charge >= 0.3 is 12.0 Å². The molecule has 2 amide bonds. The van der Waals surface area contributed by atoms with E-state index in [1.807, 2.05) is 0 Å². The van der Waals surface area contributed by atoms with Crippen LogP contribution in [-0.2, 0) is 9.53 Å². The third-order valence-electron chi connectivity index (χ3n) is 3.31. The van der Waals surface area contributed by atoms with Crippen LogP contribution < -0.4 is 5.32 Å². The molecule has 0 aromatic heterocycles. The molecule has 110 valence electrons. The van der Waals surface area contributed by atoms with Crippen molar-refractivity contribution in [3.8, 4) is 0 Å². The zero-order valence-corrected chi connectivity index (χ0v) is 11.9. The van der Waals surface area contributed by atoms with Gasteiger partial charge in [0.2, 0.25) is 0 Å². The van der Waals surface area contributed by atoms with Gasteiger partial charge in [0.05, 0.1) is 12.5 Å². The molecule has 19 heavy (non-hydrogen) atoms. The Morgan fingerprint density at radius 2 is 2.16 bits per heavy atom. The van der Waals surface area contributed by atoms with Gasteiger partial charge in [0.1, 0.15) is 0 Å². The molecule has 0 radical (unpaired) electrons. The molecule has 0 bridgehead atoms. The first-order chi connectivity index (χ1) is 8.93. The molecule has 1 saturated heterocycles. The molecular formula is C13H24N2O4. The highest BCUT2D eigenvalue weighted by Gasteiger charge is 2.37. The van der Waals surface area contributed by atoms with Crippen LogP contribution >= 0.6 is 0 Å². The zero-order valence-electron chi connectivity index (χ0n) is 11.9. The van der Waals surface area contributed by atoms with Crippen LogP contribution in [0.3, 0.4) is 0 Å². The summed E-state index contributed by atoms with van der Waals surface area (Å²) in [6.07, 6.45) is 0.522. The van der Waals surface area contributed by atoms with Crippen molar-refractivity contribution in [1.29, 1.82) is 0 Å². The maximum atomic E-state index is 11.9. The maximum absolute atomic E-state index is 11.9. The number of carboxylic acid groups (broad SMARTS) is 1. The molecule has 1 rings (SSSR count). The fraction of sp³-hybridized carbons (Fsp3) is 0.846. The molecular weight excluding hydrogens is 248 g/mol.